The molecule has 8 heteroatoms. The smallest absolute Gasteiger partial charge is 0.337 e. The zero-order valence-corrected chi connectivity index (χ0v) is 15.3. The SMILES string of the molecule is COC(=O)c1ccc(OC(=O)CCC(=O)Oc2ccc(C(=O)OC)cc2)cc1. The van der Waals surface area contributed by atoms with Gasteiger partial charge in [-0.25, -0.2) is 9.59 Å². The van der Waals surface area contributed by atoms with E-state index in [1.807, 2.05) is 0 Å². The van der Waals surface area contributed by atoms with Gasteiger partial charge in [0.2, 0.25) is 0 Å². The molecule has 0 radical (unpaired) electrons. The van der Waals surface area contributed by atoms with E-state index in [1.165, 1.54) is 62.8 Å². The second kappa shape index (κ2) is 9.86. The van der Waals surface area contributed by atoms with Gasteiger partial charge < -0.3 is 18.9 Å². The molecule has 0 spiro atoms. The van der Waals surface area contributed by atoms with E-state index in [9.17, 15) is 19.2 Å². The molecule has 0 atom stereocenters. The molecule has 0 fully saturated rings. The van der Waals surface area contributed by atoms with Crippen molar-refractivity contribution in [1.29, 1.82) is 0 Å². The molecule has 0 saturated heterocycles. The molecule has 28 heavy (non-hydrogen) atoms. The topological polar surface area (TPSA) is 105 Å². The number of hydrogen-bond donors (Lipinski definition) is 0. The fraction of sp³-hybridized carbons (Fsp3) is 0.200. The first kappa shape index (κ1) is 20.6. The van der Waals surface area contributed by atoms with Crippen molar-refractivity contribution in [2.75, 3.05) is 14.2 Å². The average Bonchev–Trinajstić information content (AvgIpc) is 2.72. The lowest BCUT2D eigenvalue weighted by Crippen LogP contribution is -2.14. The van der Waals surface area contributed by atoms with Crippen molar-refractivity contribution < 1.29 is 38.1 Å². The molecule has 146 valence electrons. The number of carbonyl (C=O) groups excluding carboxylic acids is 4. The van der Waals surface area contributed by atoms with Crippen molar-refractivity contribution in [2.45, 2.75) is 12.8 Å². The first-order chi connectivity index (χ1) is 13.4. The number of rotatable bonds is 7. The van der Waals surface area contributed by atoms with Crippen molar-refractivity contribution >= 4 is 23.9 Å². The van der Waals surface area contributed by atoms with Gasteiger partial charge in [-0.3, -0.25) is 9.59 Å². The van der Waals surface area contributed by atoms with Crippen LogP contribution in [0.4, 0.5) is 0 Å². The van der Waals surface area contributed by atoms with Gasteiger partial charge in [0, 0.05) is 0 Å². The van der Waals surface area contributed by atoms with Crippen molar-refractivity contribution in [2.24, 2.45) is 0 Å². The van der Waals surface area contributed by atoms with Crippen LogP contribution in [0.25, 0.3) is 0 Å². The van der Waals surface area contributed by atoms with Crippen LogP contribution in [0.3, 0.4) is 0 Å². The summed E-state index contributed by atoms with van der Waals surface area (Å²) >= 11 is 0. The van der Waals surface area contributed by atoms with Crippen molar-refractivity contribution in [1.82, 2.24) is 0 Å². The Morgan fingerprint density at radius 1 is 0.607 bits per heavy atom. The average molecular weight is 386 g/mol. The molecular formula is C20H18O8. The Morgan fingerprint density at radius 3 is 1.21 bits per heavy atom. The predicted molar refractivity (Wildman–Crippen MR) is 96.1 cm³/mol. The van der Waals surface area contributed by atoms with E-state index in [1.54, 1.807) is 0 Å². The van der Waals surface area contributed by atoms with Gasteiger partial charge in [-0.05, 0) is 48.5 Å². The van der Waals surface area contributed by atoms with Crippen LogP contribution in [-0.4, -0.2) is 38.1 Å². The van der Waals surface area contributed by atoms with E-state index >= 15 is 0 Å². The fourth-order valence-corrected chi connectivity index (χ4v) is 2.12. The second-order valence-electron chi connectivity index (χ2n) is 5.48. The highest BCUT2D eigenvalue weighted by Gasteiger charge is 2.13. The molecule has 0 saturated carbocycles. The van der Waals surface area contributed by atoms with Gasteiger partial charge in [-0.1, -0.05) is 0 Å². The van der Waals surface area contributed by atoms with Crippen LogP contribution in [0.2, 0.25) is 0 Å². The Hall–Kier alpha value is -3.68. The van der Waals surface area contributed by atoms with Crippen LogP contribution in [0.1, 0.15) is 33.6 Å². The lowest BCUT2D eigenvalue weighted by atomic mass is 10.2. The highest BCUT2D eigenvalue weighted by molar-refractivity contribution is 5.90. The van der Waals surface area contributed by atoms with Gasteiger partial charge in [-0.2, -0.15) is 0 Å². The summed E-state index contributed by atoms with van der Waals surface area (Å²) in [4.78, 5) is 46.3. The van der Waals surface area contributed by atoms with Gasteiger partial charge in [0.25, 0.3) is 0 Å². The molecule has 0 N–H and O–H groups in total. The molecule has 0 unspecified atom stereocenters. The summed E-state index contributed by atoms with van der Waals surface area (Å²) in [7, 11) is 2.53. The van der Waals surface area contributed by atoms with Gasteiger partial charge in [0.05, 0.1) is 38.2 Å². The van der Waals surface area contributed by atoms with Gasteiger partial charge >= 0.3 is 23.9 Å². The van der Waals surface area contributed by atoms with Crippen LogP contribution in [0, 0.1) is 0 Å². The van der Waals surface area contributed by atoms with E-state index in [0.717, 1.165) is 0 Å². The monoisotopic (exact) mass is 386 g/mol. The summed E-state index contributed by atoms with van der Waals surface area (Å²) in [6.45, 7) is 0. The molecule has 2 rings (SSSR count). The minimum absolute atomic E-state index is 0.183. The van der Waals surface area contributed by atoms with E-state index in [-0.39, 0.29) is 24.3 Å². The van der Waals surface area contributed by atoms with E-state index in [2.05, 4.69) is 9.47 Å². The number of benzene rings is 2. The van der Waals surface area contributed by atoms with Crippen LogP contribution in [-0.2, 0) is 19.1 Å². The third kappa shape index (κ3) is 5.94. The molecule has 8 nitrogen and oxygen atoms in total. The first-order valence-electron chi connectivity index (χ1n) is 8.21. The summed E-state index contributed by atoms with van der Waals surface area (Å²) in [6, 6.07) is 11.6. The minimum atomic E-state index is -0.621. The summed E-state index contributed by atoms with van der Waals surface area (Å²) < 4.78 is 19.3. The van der Waals surface area contributed by atoms with Crippen LogP contribution in [0.5, 0.6) is 11.5 Å². The zero-order chi connectivity index (χ0) is 20.5. The molecule has 0 amide bonds. The highest BCUT2D eigenvalue weighted by Crippen LogP contribution is 2.16. The minimum Gasteiger partial charge on any atom is -0.465 e. The summed E-state index contributed by atoms with van der Waals surface area (Å²) in [5.41, 5.74) is 0.646. The Kier molecular flexibility index (Phi) is 7.27. The van der Waals surface area contributed by atoms with E-state index in [4.69, 9.17) is 9.47 Å². The number of ether oxygens (including phenoxy) is 4. The highest BCUT2D eigenvalue weighted by atomic mass is 16.5. The standard InChI is InChI=1S/C20H18O8/c1-25-19(23)13-3-7-15(8-4-13)27-17(21)11-12-18(22)28-16-9-5-14(6-10-16)20(24)26-2/h3-10H,11-12H2,1-2H3. The van der Waals surface area contributed by atoms with Crippen molar-refractivity contribution in [3.63, 3.8) is 0 Å². The van der Waals surface area contributed by atoms with Crippen LogP contribution < -0.4 is 9.47 Å². The molecule has 0 aliphatic rings. The van der Waals surface area contributed by atoms with Crippen molar-refractivity contribution in [3.8, 4) is 11.5 Å². The first-order valence-corrected chi connectivity index (χ1v) is 8.21. The van der Waals surface area contributed by atoms with Gasteiger partial charge in [-0.15, -0.1) is 0 Å². The summed E-state index contributed by atoms with van der Waals surface area (Å²) in [6.07, 6.45) is -0.365. The normalized spacial score (nSPS) is 9.93. The maximum Gasteiger partial charge on any atom is 0.337 e. The quantitative estimate of drug-likeness (QED) is 0.528. The van der Waals surface area contributed by atoms with Gasteiger partial charge in [0.1, 0.15) is 11.5 Å². The molecule has 0 aromatic heterocycles. The zero-order valence-electron chi connectivity index (χ0n) is 15.3. The second-order valence-corrected chi connectivity index (χ2v) is 5.48. The lowest BCUT2D eigenvalue weighted by molar-refractivity contribution is -0.140. The Morgan fingerprint density at radius 2 is 0.929 bits per heavy atom. The molecule has 0 heterocycles. The molecular weight excluding hydrogens is 368 g/mol. The lowest BCUT2D eigenvalue weighted by Gasteiger charge is -2.06. The molecule has 0 aliphatic carbocycles. The Labute approximate surface area is 161 Å². The number of hydrogen-bond acceptors (Lipinski definition) is 8. The number of esters is 4. The Bertz CT molecular complexity index is 779. The van der Waals surface area contributed by atoms with Crippen LogP contribution in [0.15, 0.2) is 48.5 Å². The summed E-state index contributed by atoms with van der Waals surface area (Å²) in [5.74, 6) is -1.76. The molecule has 0 aliphatic heterocycles. The maximum atomic E-state index is 11.8. The number of carbonyl (C=O) groups is 4. The van der Waals surface area contributed by atoms with Gasteiger partial charge in [0.15, 0.2) is 0 Å². The molecule has 2 aromatic rings. The third-order valence-electron chi connectivity index (χ3n) is 3.55. The third-order valence-corrected chi connectivity index (χ3v) is 3.55. The van der Waals surface area contributed by atoms with Crippen LogP contribution >= 0.6 is 0 Å². The molecule has 2 aromatic carbocycles. The Balaban J connectivity index is 1.79. The fourth-order valence-electron chi connectivity index (χ4n) is 2.12. The molecule has 0 bridgehead atoms. The van der Waals surface area contributed by atoms with Crippen molar-refractivity contribution in [3.05, 3.63) is 59.7 Å². The van der Waals surface area contributed by atoms with E-state index in [0.29, 0.717) is 11.1 Å². The largest absolute Gasteiger partial charge is 0.465 e. The van der Waals surface area contributed by atoms with E-state index < -0.39 is 23.9 Å². The number of methoxy groups -OCH3 is 2. The summed E-state index contributed by atoms with van der Waals surface area (Å²) in [5, 5.41) is 0. The maximum absolute atomic E-state index is 11.8. The predicted octanol–water partition coefficient (Wildman–Crippen LogP) is 2.55.